The average Bonchev–Trinajstić information content (AvgIpc) is 2.47. The average molecular weight is 434 g/mol. The standard InChI is InChI=1S/C15H9Br2ClFNO/c16-12-3-10(6-18)4-13(17)15(12)21-8-11-2-1-9(7-20)5-14(11)19/h1-5H,6,8H2. The van der Waals surface area contributed by atoms with Crippen molar-refractivity contribution in [3.63, 3.8) is 0 Å². The SMILES string of the molecule is N#Cc1ccc(COc2c(Br)cc(CCl)cc2Br)c(F)c1. The predicted molar refractivity (Wildman–Crippen MR) is 86.8 cm³/mol. The Morgan fingerprint density at radius 2 is 1.86 bits per heavy atom. The number of hydrogen-bond donors (Lipinski definition) is 0. The van der Waals surface area contributed by atoms with Gasteiger partial charge in [0, 0.05) is 11.4 Å². The Balaban J connectivity index is 2.19. The molecular formula is C15H9Br2ClFNO. The molecule has 0 aromatic heterocycles. The zero-order valence-corrected chi connectivity index (χ0v) is 14.6. The minimum Gasteiger partial charge on any atom is -0.486 e. The van der Waals surface area contributed by atoms with E-state index < -0.39 is 5.82 Å². The van der Waals surface area contributed by atoms with Gasteiger partial charge in [0.2, 0.25) is 0 Å². The highest BCUT2D eigenvalue weighted by Gasteiger charge is 2.11. The van der Waals surface area contributed by atoms with Gasteiger partial charge in [-0.15, -0.1) is 11.6 Å². The monoisotopic (exact) mass is 431 g/mol. The number of rotatable bonds is 4. The van der Waals surface area contributed by atoms with Crippen LogP contribution in [0.4, 0.5) is 4.39 Å². The molecule has 0 amide bonds. The van der Waals surface area contributed by atoms with Gasteiger partial charge in [0.15, 0.2) is 0 Å². The van der Waals surface area contributed by atoms with Crippen LogP contribution in [0.5, 0.6) is 5.75 Å². The summed E-state index contributed by atoms with van der Waals surface area (Å²) in [7, 11) is 0. The van der Waals surface area contributed by atoms with Crippen molar-refractivity contribution in [2.75, 3.05) is 0 Å². The highest BCUT2D eigenvalue weighted by Crippen LogP contribution is 2.35. The number of nitriles is 1. The van der Waals surface area contributed by atoms with Crippen molar-refractivity contribution in [1.82, 2.24) is 0 Å². The zero-order valence-electron chi connectivity index (χ0n) is 10.7. The smallest absolute Gasteiger partial charge is 0.148 e. The number of benzene rings is 2. The van der Waals surface area contributed by atoms with Crippen LogP contribution in [0.1, 0.15) is 16.7 Å². The van der Waals surface area contributed by atoms with Crippen LogP contribution in [0, 0.1) is 17.1 Å². The number of alkyl halides is 1. The molecule has 21 heavy (non-hydrogen) atoms. The third-order valence-electron chi connectivity index (χ3n) is 2.77. The minimum absolute atomic E-state index is 0.0644. The lowest BCUT2D eigenvalue weighted by Gasteiger charge is -2.12. The van der Waals surface area contributed by atoms with Crippen LogP contribution in [0.15, 0.2) is 39.3 Å². The second-order valence-corrected chi connectivity index (χ2v) is 6.20. The summed E-state index contributed by atoms with van der Waals surface area (Å²) in [6.45, 7) is 0.0644. The highest BCUT2D eigenvalue weighted by atomic mass is 79.9. The highest BCUT2D eigenvalue weighted by molar-refractivity contribution is 9.11. The lowest BCUT2D eigenvalue weighted by molar-refractivity contribution is 0.296. The number of ether oxygens (including phenoxy) is 1. The maximum atomic E-state index is 13.8. The second-order valence-electron chi connectivity index (χ2n) is 4.23. The molecule has 0 saturated carbocycles. The minimum atomic E-state index is -0.460. The maximum Gasteiger partial charge on any atom is 0.148 e. The van der Waals surface area contributed by atoms with Gasteiger partial charge < -0.3 is 4.74 Å². The van der Waals surface area contributed by atoms with E-state index in [0.717, 1.165) is 14.5 Å². The van der Waals surface area contributed by atoms with Crippen LogP contribution in [0.2, 0.25) is 0 Å². The molecule has 0 aliphatic heterocycles. The molecule has 2 aromatic rings. The molecule has 0 aliphatic carbocycles. The molecule has 0 saturated heterocycles. The first kappa shape index (κ1) is 16.3. The van der Waals surface area contributed by atoms with Crippen LogP contribution >= 0.6 is 43.5 Å². The molecule has 0 spiro atoms. The lowest BCUT2D eigenvalue weighted by atomic mass is 10.1. The normalized spacial score (nSPS) is 10.2. The molecule has 0 fully saturated rings. The quantitative estimate of drug-likeness (QED) is 0.593. The molecule has 2 aromatic carbocycles. The van der Waals surface area contributed by atoms with E-state index in [0.29, 0.717) is 17.2 Å². The van der Waals surface area contributed by atoms with E-state index >= 15 is 0 Å². The molecule has 0 aliphatic rings. The largest absolute Gasteiger partial charge is 0.486 e. The molecule has 108 valence electrons. The van der Waals surface area contributed by atoms with Gasteiger partial charge in [0.1, 0.15) is 18.2 Å². The summed E-state index contributed by atoms with van der Waals surface area (Å²) in [4.78, 5) is 0. The van der Waals surface area contributed by atoms with Crippen molar-refractivity contribution in [3.05, 3.63) is 61.8 Å². The first-order chi connectivity index (χ1) is 10.0. The summed E-state index contributed by atoms with van der Waals surface area (Å²) in [6, 6.07) is 9.89. The van der Waals surface area contributed by atoms with Gasteiger partial charge in [-0.05, 0) is 61.7 Å². The second kappa shape index (κ2) is 7.26. The molecule has 6 heteroatoms. The first-order valence-electron chi connectivity index (χ1n) is 5.90. The zero-order chi connectivity index (χ0) is 15.4. The Hall–Kier alpha value is -1.09. The van der Waals surface area contributed by atoms with E-state index in [1.165, 1.54) is 6.07 Å². The number of halogens is 4. The van der Waals surface area contributed by atoms with E-state index in [1.807, 2.05) is 18.2 Å². The van der Waals surface area contributed by atoms with Crippen molar-refractivity contribution in [3.8, 4) is 11.8 Å². The van der Waals surface area contributed by atoms with Crippen LogP contribution in [0.25, 0.3) is 0 Å². The van der Waals surface area contributed by atoms with Gasteiger partial charge >= 0.3 is 0 Å². The first-order valence-corrected chi connectivity index (χ1v) is 8.02. The number of nitrogens with zero attached hydrogens (tertiary/aromatic N) is 1. The predicted octanol–water partition coefficient (Wildman–Crippen LogP) is 5.54. The van der Waals surface area contributed by atoms with Crippen LogP contribution in [-0.4, -0.2) is 0 Å². The van der Waals surface area contributed by atoms with Crippen molar-refractivity contribution < 1.29 is 9.13 Å². The summed E-state index contributed by atoms with van der Waals surface area (Å²) >= 11 is 12.6. The Morgan fingerprint density at radius 1 is 1.19 bits per heavy atom. The third-order valence-corrected chi connectivity index (χ3v) is 4.25. The Morgan fingerprint density at radius 3 is 2.38 bits per heavy atom. The third kappa shape index (κ3) is 3.97. The fraction of sp³-hybridized carbons (Fsp3) is 0.133. The van der Waals surface area contributed by atoms with Gasteiger partial charge in [-0.2, -0.15) is 5.26 Å². The summed E-state index contributed by atoms with van der Waals surface area (Å²) < 4.78 is 20.9. The Labute approximate surface area is 143 Å². The topological polar surface area (TPSA) is 33.0 Å². The van der Waals surface area contributed by atoms with E-state index in [9.17, 15) is 4.39 Å². The molecule has 0 atom stereocenters. The molecule has 2 rings (SSSR count). The summed E-state index contributed by atoms with van der Waals surface area (Å²) in [5.74, 6) is 0.508. The molecule has 0 N–H and O–H groups in total. The number of hydrogen-bond acceptors (Lipinski definition) is 2. The summed E-state index contributed by atoms with van der Waals surface area (Å²) in [6.07, 6.45) is 0. The van der Waals surface area contributed by atoms with Crippen molar-refractivity contribution in [2.24, 2.45) is 0 Å². The van der Waals surface area contributed by atoms with Crippen LogP contribution < -0.4 is 4.74 Å². The van der Waals surface area contributed by atoms with E-state index in [-0.39, 0.29) is 12.2 Å². The van der Waals surface area contributed by atoms with Gasteiger partial charge in [-0.1, -0.05) is 6.07 Å². The Bertz CT molecular complexity index is 692. The molecular weight excluding hydrogens is 424 g/mol. The van der Waals surface area contributed by atoms with Gasteiger partial charge in [0.05, 0.1) is 20.6 Å². The molecule has 0 heterocycles. The molecule has 2 nitrogen and oxygen atoms in total. The van der Waals surface area contributed by atoms with Gasteiger partial charge in [-0.25, -0.2) is 4.39 Å². The lowest BCUT2D eigenvalue weighted by Crippen LogP contribution is -2.00. The van der Waals surface area contributed by atoms with Crippen LogP contribution in [-0.2, 0) is 12.5 Å². The molecule has 0 unspecified atom stereocenters. The van der Waals surface area contributed by atoms with Crippen molar-refractivity contribution >= 4 is 43.5 Å². The van der Waals surface area contributed by atoms with Gasteiger partial charge in [-0.3, -0.25) is 0 Å². The Kier molecular flexibility index (Phi) is 5.63. The maximum absolute atomic E-state index is 13.8. The fourth-order valence-corrected chi connectivity index (χ4v) is 3.38. The summed E-state index contributed by atoms with van der Waals surface area (Å²) in [5.41, 5.74) is 1.60. The van der Waals surface area contributed by atoms with Crippen LogP contribution in [0.3, 0.4) is 0 Å². The molecule has 0 bridgehead atoms. The van der Waals surface area contributed by atoms with Crippen molar-refractivity contribution in [1.29, 1.82) is 5.26 Å². The van der Waals surface area contributed by atoms with E-state index in [4.69, 9.17) is 21.6 Å². The van der Waals surface area contributed by atoms with E-state index in [2.05, 4.69) is 31.9 Å². The van der Waals surface area contributed by atoms with Crippen molar-refractivity contribution in [2.45, 2.75) is 12.5 Å². The van der Waals surface area contributed by atoms with Gasteiger partial charge in [0.25, 0.3) is 0 Å². The van der Waals surface area contributed by atoms with E-state index in [1.54, 1.807) is 12.1 Å². The fourth-order valence-electron chi connectivity index (χ4n) is 1.71. The summed E-state index contributed by atoms with van der Waals surface area (Å²) in [5, 5.41) is 8.71. The molecule has 0 radical (unpaired) electrons.